The van der Waals surface area contributed by atoms with Crippen molar-refractivity contribution in [1.82, 2.24) is 29.8 Å². The second-order valence-electron chi connectivity index (χ2n) is 4.31. The number of aliphatic hydroxyl groups excluding tert-OH is 1. The van der Waals surface area contributed by atoms with E-state index in [0.717, 1.165) is 5.69 Å². The molecule has 1 N–H and O–H groups in total. The molecule has 0 saturated heterocycles. The molecule has 7 nitrogen and oxygen atoms in total. The predicted octanol–water partition coefficient (Wildman–Crippen LogP) is 0.827. The normalized spacial score (nSPS) is 10.9. The lowest BCUT2D eigenvalue weighted by Crippen LogP contribution is -2.06. The number of para-hydroxylation sites is 1. The minimum Gasteiger partial charge on any atom is -0.394 e. The Bertz CT molecular complexity index is 703. The van der Waals surface area contributed by atoms with E-state index in [1.807, 2.05) is 30.3 Å². The van der Waals surface area contributed by atoms with Gasteiger partial charge in [0.05, 0.1) is 25.0 Å². The Labute approximate surface area is 115 Å². The van der Waals surface area contributed by atoms with Gasteiger partial charge in [0.1, 0.15) is 5.82 Å². The van der Waals surface area contributed by atoms with Crippen LogP contribution in [0.15, 0.2) is 36.5 Å². The molecule has 0 aliphatic heterocycles. The first-order valence-corrected chi connectivity index (χ1v) is 6.28. The molecule has 20 heavy (non-hydrogen) atoms. The molecular weight excluding hydrogens is 256 g/mol. The maximum atomic E-state index is 9.05. The molecule has 0 radical (unpaired) electrons. The Morgan fingerprint density at radius 3 is 2.75 bits per heavy atom. The Morgan fingerprint density at radius 1 is 1.20 bits per heavy atom. The molecule has 0 aliphatic rings. The van der Waals surface area contributed by atoms with Crippen LogP contribution in [0.2, 0.25) is 0 Å². The van der Waals surface area contributed by atoms with Crippen LogP contribution in [0.1, 0.15) is 5.82 Å². The second kappa shape index (κ2) is 5.22. The summed E-state index contributed by atoms with van der Waals surface area (Å²) in [6, 6.07) is 9.72. The molecule has 2 heterocycles. The van der Waals surface area contributed by atoms with E-state index < -0.39 is 0 Å². The van der Waals surface area contributed by atoms with Gasteiger partial charge in [0.2, 0.25) is 0 Å². The van der Waals surface area contributed by atoms with Gasteiger partial charge in [-0.05, 0) is 19.1 Å². The van der Waals surface area contributed by atoms with Gasteiger partial charge in [-0.2, -0.15) is 5.10 Å². The summed E-state index contributed by atoms with van der Waals surface area (Å²) < 4.78 is 3.32. The number of rotatable bonds is 4. The number of aromatic nitrogens is 6. The van der Waals surface area contributed by atoms with Crippen molar-refractivity contribution in [2.24, 2.45) is 0 Å². The van der Waals surface area contributed by atoms with Crippen LogP contribution in [0.25, 0.3) is 17.2 Å². The van der Waals surface area contributed by atoms with Gasteiger partial charge >= 0.3 is 0 Å². The zero-order valence-corrected chi connectivity index (χ0v) is 11.0. The summed E-state index contributed by atoms with van der Waals surface area (Å²) in [5.41, 5.74) is 1.55. The highest BCUT2D eigenvalue weighted by Gasteiger charge is 2.13. The first-order valence-electron chi connectivity index (χ1n) is 6.28. The SMILES string of the molecule is Cc1nc(-c2cn(-c3ccccc3)nn2)n(CCO)n1. The number of benzene rings is 1. The van der Waals surface area contributed by atoms with Crippen LogP contribution in [-0.4, -0.2) is 41.5 Å². The molecule has 0 bridgehead atoms. The highest BCUT2D eigenvalue weighted by Crippen LogP contribution is 2.15. The van der Waals surface area contributed by atoms with Crippen LogP contribution < -0.4 is 0 Å². The molecule has 0 saturated carbocycles. The van der Waals surface area contributed by atoms with Gasteiger partial charge in [-0.25, -0.2) is 14.3 Å². The topological polar surface area (TPSA) is 81.7 Å². The van der Waals surface area contributed by atoms with Crippen LogP contribution in [0.4, 0.5) is 0 Å². The summed E-state index contributed by atoms with van der Waals surface area (Å²) in [7, 11) is 0. The van der Waals surface area contributed by atoms with E-state index in [9.17, 15) is 0 Å². The van der Waals surface area contributed by atoms with Gasteiger partial charge in [0.25, 0.3) is 0 Å². The Kier molecular flexibility index (Phi) is 3.26. The van der Waals surface area contributed by atoms with Crippen LogP contribution >= 0.6 is 0 Å². The minimum atomic E-state index is 0.00260. The van der Waals surface area contributed by atoms with Crippen molar-refractivity contribution in [2.75, 3.05) is 6.61 Å². The van der Waals surface area contributed by atoms with Gasteiger partial charge in [-0.1, -0.05) is 23.4 Å². The molecule has 7 heteroatoms. The van der Waals surface area contributed by atoms with Crippen molar-refractivity contribution in [3.05, 3.63) is 42.4 Å². The maximum Gasteiger partial charge on any atom is 0.180 e. The zero-order valence-electron chi connectivity index (χ0n) is 11.0. The predicted molar refractivity (Wildman–Crippen MR) is 72.2 cm³/mol. The monoisotopic (exact) mass is 270 g/mol. The smallest absolute Gasteiger partial charge is 0.180 e. The van der Waals surface area contributed by atoms with Crippen molar-refractivity contribution < 1.29 is 5.11 Å². The van der Waals surface area contributed by atoms with E-state index >= 15 is 0 Å². The van der Waals surface area contributed by atoms with Crippen molar-refractivity contribution in [3.8, 4) is 17.2 Å². The Hall–Kier alpha value is -2.54. The largest absolute Gasteiger partial charge is 0.394 e. The second-order valence-corrected chi connectivity index (χ2v) is 4.31. The van der Waals surface area contributed by atoms with Crippen molar-refractivity contribution in [1.29, 1.82) is 0 Å². The number of aryl methyl sites for hydroxylation is 1. The first kappa shape index (κ1) is 12.5. The molecule has 3 rings (SSSR count). The number of hydrogen-bond donors (Lipinski definition) is 1. The average Bonchev–Trinajstić information content (AvgIpc) is 3.07. The van der Waals surface area contributed by atoms with Gasteiger partial charge in [-0.15, -0.1) is 5.10 Å². The van der Waals surface area contributed by atoms with Crippen molar-refractivity contribution in [3.63, 3.8) is 0 Å². The molecule has 0 fully saturated rings. The number of hydrogen-bond acceptors (Lipinski definition) is 5. The molecular formula is C13H14N6O. The third-order valence-electron chi connectivity index (χ3n) is 2.83. The van der Waals surface area contributed by atoms with Crippen LogP contribution in [0.3, 0.4) is 0 Å². The highest BCUT2D eigenvalue weighted by atomic mass is 16.3. The average molecular weight is 270 g/mol. The lowest BCUT2D eigenvalue weighted by molar-refractivity contribution is 0.270. The molecule has 1 aromatic carbocycles. The van der Waals surface area contributed by atoms with E-state index in [0.29, 0.717) is 23.9 Å². The fourth-order valence-electron chi connectivity index (χ4n) is 1.97. The van der Waals surface area contributed by atoms with Crippen LogP contribution in [0, 0.1) is 6.92 Å². The first-order chi connectivity index (χ1) is 9.78. The molecule has 0 atom stereocenters. The summed E-state index contributed by atoms with van der Waals surface area (Å²) in [6.45, 7) is 2.19. The quantitative estimate of drug-likeness (QED) is 0.759. The van der Waals surface area contributed by atoms with Gasteiger partial charge in [0, 0.05) is 0 Å². The molecule has 0 aliphatic carbocycles. The van der Waals surface area contributed by atoms with E-state index in [-0.39, 0.29) is 6.61 Å². The third kappa shape index (κ3) is 2.30. The molecule has 2 aromatic heterocycles. The zero-order chi connectivity index (χ0) is 13.9. The number of aliphatic hydroxyl groups is 1. The molecule has 3 aromatic rings. The summed E-state index contributed by atoms with van der Waals surface area (Å²) >= 11 is 0. The molecule has 0 spiro atoms. The summed E-state index contributed by atoms with van der Waals surface area (Å²) in [5, 5.41) is 21.5. The summed E-state index contributed by atoms with van der Waals surface area (Å²) in [5.74, 6) is 1.25. The third-order valence-corrected chi connectivity index (χ3v) is 2.83. The minimum absolute atomic E-state index is 0.00260. The maximum absolute atomic E-state index is 9.05. The van der Waals surface area contributed by atoms with Gasteiger partial charge in [-0.3, -0.25) is 0 Å². The Balaban J connectivity index is 1.98. The highest BCUT2D eigenvalue weighted by molar-refractivity contribution is 5.48. The van der Waals surface area contributed by atoms with Gasteiger partial charge in [0.15, 0.2) is 11.5 Å². The van der Waals surface area contributed by atoms with E-state index in [4.69, 9.17) is 5.11 Å². The number of nitrogens with zero attached hydrogens (tertiary/aromatic N) is 6. The van der Waals surface area contributed by atoms with Crippen LogP contribution in [-0.2, 0) is 6.54 Å². The van der Waals surface area contributed by atoms with Crippen molar-refractivity contribution in [2.45, 2.75) is 13.5 Å². The Morgan fingerprint density at radius 2 is 2.00 bits per heavy atom. The lowest BCUT2D eigenvalue weighted by Gasteiger charge is -2.00. The standard InChI is InChI=1S/C13H14N6O/c1-10-14-13(18(16-10)7-8-20)12-9-19(17-15-12)11-5-3-2-4-6-11/h2-6,9,20H,7-8H2,1H3. The fourth-order valence-corrected chi connectivity index (χ4v) is 1.97. The fraction of sp³-hybridized carbons (Fsp3) is 0.231. The van der Waals surface area contributed by atoms with Gasteiger partial charge < -0.3 is 5.11 Å². The van der Waals surface area contributed by atoms with Crippen LogP contribution in [0.5, 0.6) is 0 Å². The molecule has 0 unspecified atom stereocenters. The van der Waals surface area contributed by atoms with E-state index in [1.54, 1.807) is 22.5 Å². The van der Waals surface area contributed by atoms with E-state index in [2.05, 4.69) is 20.4 Å². The molecule has 102 valence electrons. The summed E-state index contributed by atoms with van der Waals surface area (Å²) in [4.78, 5) is 4.33. The lowest BCUT2D eigenvalue weighted by atomic mass is 10.3. The van der Waals surface area contributed by atoms with Crippen molar-refractivity contribution >= 4 is 0 Å². The summed E-state index contributed by atoms with van der Waals surface area (Å²) in [6.07, 6.45) is 1.80. The van der Waals surface area contributed by atoms with E-state index in [1.165, 1.54) is 0 Å². The molecule has 0 amide bonds.